The third-order valence-electron chi connectivity index (χ3n) is 2.75. The summed E-state index contributed by atoms with van der Waals surface area (Å²) in [5.74, 6) is -0.0832. The van der Waals surface area contributed by atoms with Crippen LogP contribution in [0.5, 0.6) is 0 Å². The van der Waals surface area contributed by atoms with Crippen molar-refractivity contribution < 1.29 is 9.59 Å². The largest absolute Gasteiger partial charge is 0.338 e. The summed E-state index contributed by atoms with van der Waals surface area (Å²) in [4.78, 5) is 23.1. The summed E-state index contributed by atoms with van der Waals surface area (Å²) in [6, 6.07) is 6.84. The molecule has 3 amide bonds. The number of unbranched alkanes of at least 4 members (excludes halogenated alkanes) is 1. The monoisotopic (exact) mass is 277 g/mol. The molecular formula is C15H23N3O2. The highest BCUT2D eigenvalue weighted by Gasteiger charge is 2.07. The first-order valence-electron chi connectivity index (χ1n) is 6.98. The topological polar surface area (TPSA) is 70.2 Å². The van der Waals surface area contributed by atoms with Crippen LogP contribution in [0.1, 0.15) is 33.6 Å². The summed E-state index contributed by atoms with van der Waals surface area (Å²) < 4.78 is 0. The van der Waals surface area contributed by atoms with Crippen LogP contribution < -0.4 is 16.0 Å². The van der Waals surface area contributed by atoms with Gasteiger partial charge in [-0.05, 0) is 30.7 Å². The lowest BCUT2D eigenvalue weighted by molar-refractivity contribution is -0.118. The van der Waals surface area contributed by atoms with E-state index in [0.717, 1.165) is 18.5 Å². The van der Waals surface area contributed by atoms with E-state index in [2.05, 4.69) is 22.9 Å². The molecule has 1 aromatic rings. The third kappa shape index (κ3) is 5.73. The van der Waals surface area contributed by atoms with Crippen LogP contribution in [-0.2, 0) is 4.79 Å². The molecule has 0 radical (unpaired) electrons. The van der Waals surface area contributed by atoms with Gasteiger partial charge in [-0.3, -0.25) is 4.79 Å². The van der Waals surface area contributed by atoms with Gasteiger partial charge in [0, 0.05) is 23.8 Å². The Labute approximate surface area is 120 Å². The fourth-order valence-corrected chi connectivity index (χ4v) is 1.48. The van der Waals surface area contributed by atoms with Crippen LogP contribution in [0.15, 0.2) is 24.3 Å². The Bertz CT molecular complexity index is 441. The van der Waals surface area contributed by atoms with Gasteiger partial charge in [0.05, 0.1) is 0 Å². The van der Waals surface area contributed by atoms with Crippen LogP contribution in [0.3, 0.4) is 0 Å². The molecule has 0 aliphatic carbocycles. The number of hydrogen-bond donors (Lipinski definition) is 3. The van der Waals surface area contributed by atoms with E-state index in [0.29, 0.717) is 12.2 Å². The second kappa shape index (κ2) is 8.19. The number of rotatable bonds is 6. The molecule has 1 rings (SSSR count). The fourth-order valence-electron chi connectivity index (χ4n) is 1.48. The first-order chi connectivity index (χ1) is 9.52. The van der Waals surface area contributed by atoms with Gasteiger partial charge in [0.1, 0.15) is 0 Å². The number of amides is 3. The molecule has 0 atom stereocenters. The molecule has 110 valence electrons. The molecule has 3 N–H and O–H groups in total. The summed E-state index contributed by atoms with van der Waals surface area (Å²) >= 11 is 0. The van der Waals surface area contributed by atoms with Gasteiger partial charge in [0.15, 0.2) is 0 Å². The zero-order chi connectivity index (χ0) is 15.0. The van der Waals surface area contributed by atoms with Crippen molar-refractivity contribution in [2.24, 2.45) is 5.92 Å². The van der Waals surface area contributed by atoms with Crippen LogP contribution in [0.2, 0.25) is 0 Å². The number of anilines is 2. The molecule has 0 bridgehead atoms. The quantitative estimate of drug-likeness (QED) is 0.699. The van der Waals surface area contributed by atoms with Gasteiger partial charge in [-0.2, -0.15) is 0 Å². The number of nitrogens with one attached hydrogen (secondary N) is 3. The van der Waals surface area contributed by atoms with E-state index in [1.165, 1.54) is 0 Å². The second-order valence-electron chi connectivity index (χ2n) is 4.96. The normalized spacial score (nSPS) is 10.2. The summed E-state index contributed by atoms with van der Waals surface area (Å²) in [5, 5.41) is 8.31. The Morgan fingerprint density at radius 3 is 2.10 bits per heavy atom. The molecule has 5 heteroatoms. The molecule has 0 spiro atoms. The van der Waals surface area contributed by atoms with Gasteiger partial charge in [0.25, 0.3) is 0 Å². The Kier molecular flexibility index (Phi) is 6.56. The second-order valence-corrected chi connectivity index (χ2v) is 4.96. The third-order valence-corrected chi connectivity index (χ3v) is 2.75. The maximum absolute atomic E-state index is 11.5. The Balaban J connectivity index is 2.46. The van der Waals surface area contributed by atoms with Crippen molar-refractivity contribution in [1.82, 2.24) is 5.32 Å². The average Bonchev–Trinajstić information content (AvgIpc) is 2.41. The lowest BCUT2D eigenvalue weighted by atomic mass is 10.2. The van der Waals surface area contributed by atoms with Gasteiger partial charge in [-0.1, -0.05) is 27.2 Å². The maximum Gasteiger partial charge on any atom is 0.319 e. The van der Waals surface area contributed by atoms with E-state index in [9.17, 15) is 9.59 Å². The van der Waals surface area contributed by atoms with Crippen LogP contribution in [0, 0.1) is 5.92 Å². The first kappa shape index (κ1) is 16.0. The predicted octanol–water partition coefficient (Wildman–Crippen LogP) is 3.20. The Morgan fingerprint density at radius 1 is 1.05 bits per heavy atom. The first-order valence-corrected chi connectivity index (χ1v) is 6.98. The minimum Gasteiger partial charge on any atom is -0.338 e. The summed E-state index contributed by atoms with van der Waals surface area (Å²) in [7, 11) is 0. The van der Waals surface area contributed by atoms with Crippen LogP contribution in [0.4, 0.5) is 16.2 Å². The van der Waals surface area contributed by atoms with Crippen molar-refractivity contribution >= 4 is 23.3 Å². The average molecular weight is 277 g/mol. The highest BCUT2D eigenvalue weighted by atomic mass is 16.2. The van der Waals surface area contributed by atoms with Gasteiger partial charge >= 0.3 is 6.03 Å². The smallest absolute Gasteiger partial charge is 0.319 e. The van der Waals surface area contributed by atoms with E-state index in [4.69, 9.17) is 0 Å². The molecule has 0 heterocycles. The SMILES string of the molecule is CCCCNC(=O)Nc1ccc(NC(=O)C(C)C)cc1. The number of urea groups is 1. The van der Waals surface area contributed by atoms with Gasteiger partial charge in [-0.15, -0.1) is 0 Å². The summed E-state index contributed by atoms with van der Waals surface area (Å²) in [6.45, 7) is 6.42. The number of hydrogen-bond acceptors (Lipinski definition) is 2. The Hall–Kier alpha value is -2.04. The van der Waals surface area contributed by atoms with E-state index < -0.39 is 0 Å². The summed E-state index contributed by atoms with van der Waals surface area (Å²) in [6.07, 6.45) is 2.01. The van der Waals surface area contributed by atoms with Crippen molar-refractivity contribution in [1.29, 1.82) is 0 Å². The van der Waals surface area contributed by atoms with E-state index in [-0.39, 0.29) is 17.9 Å². The fraction of sp³-hybridized carbons (Fsp3) is 0.467. The van der Waals surface area contributed by atoms with E-state index in [1.807, 2.05) is 13.8 Å². The molecule has 0 fully saturated rings. The molecule has 0 saturated carbocycles. The van der Waals surface area contributed by atoms with Crippen molar-refractivity contribution in [3.63, 3.8) is 0 Å². The lowest BCUT2D eigenvalue weighted by Crippen LogP contribution is -2.29. The predicted molar refractivity (Wildman–Crippen MR) is 81.8 cm³/mol. The number of carbonyl (C=O) groups is 2. The molecular weight excluding hydrogens is 254 g/mol. The minimum atomic E-state index is -0.211. The summed E-state index contributed by atoms with van der Waals surface area (Å²) in [5.41, 5.74) is 1.42. The zero-order valence-electron chi connectivity index (χ0n) is 12.3. The highest BCUT2D eigenvalue weighted by molar-refractivity contribution is 5.93. The molecule has 1 aromatic carbocycles. The molecule has 0 aromatic heterocycles. The molecule has 5 nitrogen and oxygen atoms in total. The van der Waals surface area contributed by atoms with Gasteiger partial charge in [-0.25, -0.2) is 4.79 Å². The van der Waals surface area contributed by atoms with Crippen LogP contribution >= 0.6 is 0 Å². The molecule has 0 unspecified atom stereocenters. The lowest BCUT2D eigenvalue weighted by Gasteiger charge is -2.10. The van der Waals surface area contributed by atoms with E-state index in [1.54, 1.807) is 24.3 Å². The molecule has 0 aliphatic rings. The minimum absolute atomic E-state index is 0.0250. The van der Waals surface area contributed by atoms with Crippen molar-refractivity contribution in [2.45, 2.75) is 33.6 Å². The molecule has 0 saturated heterocycles. The number of carbonyl (C=O) groups excluding carboxylic acids is 2. The maximum atomic E-state index is 11.5. The van der Waals surface area contributed by atoms with Crippen LogP contribution in [-0.4, -0.2) is 18.5 Å². The van der Waals surface area contributed by atoms with Crippen molar-refractivity contribution in [2.75, 3.05) is 17.2 Å². The molecule has 20 heavy (non-hydrogen) atoms. The van der Waals surface area contributed by atoms with Crippen molar-refractivity contribution in [3.8, 4) is 0 Å². The standard InChI is InChI=1S/C15H23N3O2/c1-4-5-10-16-15(20)18-13-8-6-12(7-9-13)17-14(19)11(2)3/h6-9,11H,4-5,10H2,1-3H3,(H,17,19)(H2,16,18,20). The van der Waals surface area contributed by atoms with E-state index >= 15 is 0 Å². The van der Waals surface area contributed by atoms with Crippen LogP contribution in [0.25, 0.3) is 0 Å². The molecule has 0 aliphatic heterocycles. The van der Waals surface area contributed by atoms with Gasteiger partial charge in [0.2, 0.25) is 5.91 Å². The zero-order valence-corrected chi connectivity index (χ0v) is 12.3. The Morgan fingerprint density at radius 2 is 1.60 bits per heavy atom. The highest BCUT2D eigenvalue weighted by Crippen LogP contribution is 2.14. The number of benzene rings is 1. The van der Waals surface area contributed by atoms with Crippen molar-refractivity contribution in [3.05, 3.63) is 24.3 Å². The van der Waals surface area contributed by atoms with Gasteiger partial charge < -0.3 is 16.0 Å².